The minimum atomic E-state index is 0.217. The summed E-state index contributed by atoms with van der Waals surface area (Å²) < 4.78 is 0. The van der Waals surface area contributed by atoms with Crippen molar-refractivity contribution in [2.45, 2.75) is 44.9 Å². The van der Waals surface area contributed by atoms with Gasteiger partial charge in [-0.15, -0.1) is 0 Å². The number of hydrogen-bond donors (Lipinski definition) is 0. The van der Waals surface area contributed by atoms with Crippen LogP contribution in [0.1, 0.15) is 61.8 Å². The summed E-state index contributed by atoms with van der Waals surface area (Å²) in [4.78, 5) is 0. The Morgan fingerprint density at radius 1 is 0.739 bits per heavy atom. The van der Waals surface area contributed by atoms with Crippen LogP contribution in [0.4, 0.5) is 0 Å². The molecule has 1 aliphatic carbocycles. The Balaban J connectivity index is 1.59. The Morgan fingerprint density at radius 3 is 1.65 bits per heavy atom. The summed E-state index contributed by atoms with van der Waals surface area (Å²) in [6.45, 7) is 6.74. The van der Waals surface area contributed by atoms with E-state index < -0.39 is 0 Å². The van der Waals surface area contributed by atoms with Gasteiger partial charge in [0.1, 0.15) is 0 Å². The number of allylic oxidation sites excluding steroid dienone is 2. The molecule has 0 N–H and O–H groups in total. The van der Waals surface area contributed by atoms with Crippen LogP contribution in [0.25, 0.3) is 12.2 Å². The van der Waals surface area contributed by atoms with Gasteiger partial charge in [-0.3, -0.25) is 0 Å². The first-order valence-electron chi connectivity index (χ1n) is 8.58. The van der Waals surface area contributed by atoms with Crippen molar-refractivity contribution in [1.82, 2.24) is 0 Å². The summed E-state index contributed by atoms with van der Waals surface area (Å²) in [6.07, 6.45) is 11.3. The van der Waals surface area contributed by atoms with E-state index in [4.69, 9.17) is 0 Å². The van der Waals surface area contributed by atoms with E-state index >= 15 is 0 Å². The minimum absolute atomic E-state index is 0.217. The monoisotopic (exact) mass is 302 g/mol. The zero-order valence-electron chi connectivity index (χ0n) is 14.4. The van der Waals surface area contributed by atoms with Crippen LogP contribution in [0.5, 0.6) is 0 Å². The molecule has 1 fully saturated rings. The first-order chi connectivity index (χ1) is 11.0. The lowest BCUT2D eigenvalue weighted by Crippen LogP contribution is -2.10. The van der Waals surface area contributed by atoms with Crippen LogP contribution in [-0.2, 0) is 5.41 Å². The lowest BCUT2D eigenvalue weighted by Gasteiger charge is -2.18. The highest BCUT2D eigenvalue weighted by molar-refractivity contribution is 5.57. The zero-order valence-corrected chi connectivity index (χ0v) is 14.4. The molecule has 0 saturated heterocycles. The first kappa shape index (κ1) is 15.8. The maximum Gasteiger partial charge on any atom is -0.0132 e. The molecule has 3 rings (SSSR count). The fourth-order valence-corrected chi connectivity index (χ4v) is 2.72. The molecular weight excluding hydrogens is 276 g/mol. The molecule has 2 aromatic carbocycles. The highest BCUT2D eigenvalue weighted by Gasteiger charge is 2.22. The number of benzene rings is 2. The molecule has 0 nitrogen and oxygen atoms in total. The standard InChI is InChI=1S/C23H26/c1-23(2,3)22-16-10-19(11-17-22)7-5-4-6-18-8-12-20(13-9-18)21-14-15-21/h4-13,16-17,21H,14-15H2,1-3H3/b6-4+,7-5+. The summed E-state index contributed by atoms with van der Waals surface area (Å²) in [5, 5.41) is 0. The lowest BCUT2D eigenvalue weighted by molar-refractivity contribution is 0.590. The molecule has 0 radical (unpaired) electrons. The number of hydrogen-bond acceptors (Lipinski definition) is 0. The maximum atomic E-state index is 2.27. The van der Waals surface area contributed by atoms with Crippen molar-refractivity contribution in [1.29, 1.82) is 0 Å². The predicted octanol–water partition coefficient (Wildman–Crippen LogP) is 6.59. The minimum Gasteiger partial charge on any atom is -0.0617 e. The van der Waals surface area contributed by atoms with Crippen LogP contribution in [0.3, 0.4) is 0 Å². The highest BCUT2D eigenvalue weighted by Crippen LogP contribution is 2.39. The Hall–Kier alpha value is -2.08. The molecule has 0 spiro atoms. The molecule has 0 aromatic heterocycles. The Bertz CT molecular complexity index is 687. The average molecular weight is 302 g/mol. The zero-order chi connectivity index (χ0) is 16.3. The van der Waals surface area contributed by atoms with E-state index in [0.717, 1.165) is 5.92 Å². The Labute approximate surface area is 140 Å². The van der Waals surface area contributed by atoms with E-state index in [-0.39, 0.29) is 5.41 Å². The van der Waals surface area contributed by atoms with Crippen LogP contribution in [-0.4, -0.2) is 0 Å². The van der Waals surface area contributed by atoms with E-state index in [1.165, 1.54) is 35.1 Å². The summed E-state index contributed by atoms with van der Waals surface area (Å²) >= 11 is 0. The predicted molar refractivity (Wildman–Crippen MR) is 102 cm³/mol. The van der Waals surface area contributed by atoms with Crippen molar-refractivity contribution in [3.8, 4) is 0 Å². The summed E-state index contributed by atoms with van der Waals surface area (Å²) in [5.74, 6) is 0.837. The topological polar surface area (TPSA) is 0 Å². The molecule has 1 aliphatic rings. The van der Waals surface area contributed by atoms with E-state index in [1.54, 1.807) is 0 Å². The van der Waals surface area contributed by atoms with E-state index in [1.807, 2.05) is 0 Å². The second-order valence-electron chi connectivity index (χ2n) is 7.53. The molecule has 23 heavy (non-hydrogen) atoms. The van der Waals surface area contributed by atoms with Gasteiger partial charge in [0.2, 0.25) is 0 Å². The van der Waals surface area contributed by atoms with Gasteiger partial charge in [0.15, 0.2) is 0 Å². The molecule has 2 aromatic rings. The van der Waals surface area contributed by atoms with E-state index in [0.29, 0.717) is 0 Å². The van der Waals surface area contributed by atoms with Crippen LogP contribution < -0.4 is 0 Å². The van der Waals surface area contributed by atoms with Crippen LogP contribution in [0.15, 0.2) is 60.7 Å². The molecule has 0 heteroatoms. The molecule has 0 unspecified atom stereocenters. The van der Waals surface area contributed by atoms with Crippen molar-refractivity contribution >= 4 is 12.2 Å². The van der Waals surface area contributed by atoms with E-state index in [9.17, 15) is 0 Å². The fraction of sp³-hybridized carbons (Fsp3) is 0.304. The summed E-state index contributed by atoms with van der Waals surface area (Å²) in [6, 6.07) is 17.8. The van der Waals surface area contributed by atoms with Gasteiger partial charge in [-0.2, -0.15) is 0 Å². The normalized spacial score (nSPS) is 15.6. The fourth-order valence-electron chi connectivity index (χ4n) is 2.72. The summed E-state index contributed by atoms with van der Waals surface area (Å²) in [5.41, 5.74) is 5.60. The highest BCUT2D eigenvalue weighted by atomic mass is 14.3. The molecule has 0 aliphatic heterocycles. The first-order valence-corrected chi connectivity index (χ1v) is 8.58. The third-order valence-corrected chi connectivity index (χ3v) is 4.45. The largest absolute Gasteiger partial charge is 0.0617 e. The molecule has 0 atom stereocenters. The molecule has 118 valence electrons. The second-order valence-corrected chi connectivity index (χ2v) is 7.53. The van der Waals surface area contributed by atoms with Crippen LogP contribution >= 0.6 is 0 Å². The van der Waals surface area contributed by atoms with Gasteiger partial charge in [0, 0.05) is 0 Å². The van der Waals surface area contributed by atoms with Crippen molar-refractivity contribution in [3.63, 3.8) is 0 Å². The Morgan fingerprint density at radius 2 is 1.22 bits per heavy atom. The van der Waals surface area contributed by atoms with Gasteiger partial charge in [0.05, 0.1) is 0 Å². The van der Waals surface area contributed by atoms with Crippen LogP contribution in [0, 0.1) is 0 Å². The van der Waals surface area contributed by atoms with Gasteiger partial charge < -0.3 is 0 Å². The van der Waals surface area contributed by atoms with Crippen LogP contribution in [0.2, 0.25) is 0 Å². The van der Waals surface area contributed by atoms with Crippen molar-refractivity contribution in [2.75, 3.05) is 0 Å². The SMILES string of the molecule is CC(C)(C)c1ccc(/C=C/C=C/c2ccc(C3CC3)cc2)cc1. The van der Waals surface area contributed by atoms with Crippen molar-refractivity contribution < 1.29 is 0 Å². The quantitative estimate of drug-likeness (QED) is 0.559. The van der Waals surface area contributed by atoms with Crippen molar-refractivity contribution in [2.24, 2.45) is 0 Å². The second kappa shape index (κ2) is 6.58. The van der Waals surface area contributed by atoms with Gasteiger partial charge in [-0.25, -0.2) is 0 Å². The van der Waals surface area contributed by atoms with Gasteiger partial charge in [0.25, 0.3) is 0 Å². The lowest BCUT2D eigenvalue weighted by atomic mass is 9.87. The van der Waals surface area contributed by atoms with Crippen molar-refractivity contribution in [3.05, 3.63) is 82.9 Å². The molecule has 0 amide bonds. The molecule has 0 heterocycles. The smallest absolute Gasteiger partial charge is 0.0132 e. The molecule has 0 bridgehead atoms. The summed E-state index contributed by atoms with van der Waals surface area (Å²) in [7, 11) is 0. The van der Waals surface area contributed by atoms with Gasteiger partial charge >= 0.3 is 0 Å². The number of rotatable bonds is 4. The molecular formula is C23H26. The Kier molecular flexibility index (Phi) is 4.52. The molecule has 1 saturated carbocycles. The third-order valence-electron chi connectivity index (χ3n) is 4.45. The van der Waals surface area contributed by atoms with Gasteiger partial charge in [-0.1, -0.05) is 93.6 Å². The maximum absolute atomic E-state index is 2.27. The van der Waals surface area contributed by atoms with E-state index in [2.05, 4.69) is 93.6 Å². The average Bonchev–Trinajstić information content (AvgIpc) is 3.37. The van der Waals surface area contributed by atoms with Gasteiger partial charge in [-0.05, 0) is 46.4 Å². The third kappa shape index (κ3) is 4.45.